The first-order valence-electron chi connectivity index (χ1n) is 8.91. The second-order valence-electron chi connectivity index (χ2n) is 6.44. The van der Waals surface area contributed by atoms with E-state index < -0.39 is 23.3 Å². The van der Waals surface area contributed by atoms with Gasteiger partial charge in [-0.1, -0.05) is 37.3 Å². The Morgan fingerprint density at radius 3 is 2.39 bits per heavy atom. The van der Waals surface area contributed by atoms with Crippen LogP contribution < -0.4 is 14.8 Å². The van der Waals surface area contributed by atoms with Crippen LogP contribution in [0.15, 0.2) is 48.5 Å². The molecule has 1 aliphatic heterocycles. The van der Waals surface area contributed by atoms with E-state index in [1.807, 2.05) is 13.0 Å². The van der Waals surface area contributed by atoms with E-state index in [0.717, 1.165) is 4.90 Å². The average Bonchev–Trinajstić information content (AvgIpc) is 2.98. The Bertz CT molecular complexity index is 912. The minimum absolute atomic E-state index is 0.246. The van der Waals surface area contributed by atoms with Gasteiger partial charge in [-0.2, -0.15) is 0 Å². The summed E-state index contributed by atoms with van der Waals surface area (Å²) in [5, 5.41) is 2.77. The molecule has 3 amide bonds. The van der Waals surface area contributed by atoms with Gasteiger partial charge in [0.25, 0.3) is 5.91 Å². The smallest absolute Gasteiger partial charge is 0.325 e. The maximum atomic E-state index is 13.1. The van der Waals surface area contributed by atoms with E-state index in [1.165, 1.54) is 20.3 Å². The van der Waals surface area contributed by atoms with Crippen molar-refractivity contribution in [1.82, 2.24) is 10.2 Å². The fourth-order valence-electron chi connectivity index (χ4n) is 3.39. The van der Waals surface area contributed by atoms with Gasteiger partial charge in [0.05, 0.1) is 26.3 Å². The Kier molecular flexibility index (Phi) is 5.35. The highest BCUT2D eigenvalue weighted by atomic mass is 16.5. The number of carbonyl (C=O) groups excluding carboxylic acids is 3. The fourth-order valence-corrected chi connectivity index (χ4v) is 3.39. The number of carbonyl (C=O) groups is 3. The number of nitrogens with one attached hydrogen (secondary N) is 1. The lowest BCUT2D eigenvalue weighted by Crippen LogP contribution is -2.43. The molecule has 7 heteroatoms. The van der Waals surface area contributed by atoms with Crippen LogP contribution >= 0.6 is 0 Å². The molecule has 0 aliphatic carbocycles. The first-order valence-corrected chi connectivity index (χ1v) is 8.91. The van der Waals surface area contributed by atoms with Crippen molar-refractivity contribution in [2.45, 2.75) is 18.9 Å². The lowest BCUT2D eigenvalue weighted by atomic mass is 9.87. The maximum absolute atomic E-state index is 13.1. The molecule has 0 saturated carbocycles. The summed E-state index contributed by atoms with van der Waals surface area (Å²) in [7, 11) is 2.94. The number of methoxy groups -OCH3 is 2. The van der Waals surface area contributed by atoms with E-state index in [0.29, 0.717) is 23.5 Å². The number of amides is 3. The molecule has 28 heavy (non-hydrogen) atoms. The van der Waals surface area contributed by atoms with Crippen molar-refractivity contribution in [3.63, 3.8) is 0 Å². The van der Waals surface area contributed by atoms with Crippen molar-refractivity contribution < 1.29 is 23.9 Å². The van der Waals surface area contributed by atoms with Crippen LogP contribution in [0.2, 0.25) is 0 Å². The van der Waals surface area contributed by atoms with E-state index in [2.05, 4.69) is 5.32 Å². The van der Waals surface area contributed by atoms with Crippen molar-refractivity contribution in [2.24, 2.45) is 0 Å². The van der Waals surface area contributed by atoms with E-state index in [1.54, 1.807) is 36.4 Å². The second kappa shape index (κ2) is 7.72. The second-order valence-corrected chi connectivity index (χ2v) is 6.44. The number of urea groups is 1. The number of ketones is 1. The molecule has 1 heterocycles. The standard InChI is InChI=1S/C21H22N2O5/c1-4-21(14-8-6-5-7-9-14)19(25)23(20(26)22-21)13-17(24)16-12-15(27-2)10-11-18(16)28-3/h5-12H,4,13H2,1-3H3,(H,22,26). The Balaban J connectivity index is 1.90. The van der Waals surface area contributed by atoms with Crippen LogP contribution in [0, 0.1) is 0 Å². The molecular weight excluding hydrogens is 360 g/mol. The van der Waals surface area contributed by atoms with Gasteiger partial charge < -0.3 is 14.8 Å². The Labute approximate surface area is 163 Å². The van der Waals surface area contributed by atoms with Gasteiger partial charge in [-0.3, -0.25) is 14.5 Å². The van der Waals surface area contributed by atoms with Gasteiger partial charge in [0.15, 0.2) is 5.78 Å². The molecule has 7 nitrogen and oxygen atoms in total. The SMILES string of the molecule is CCC1(c2ccccc2)NC(=O)N(CC(=O)c2cc(OC)ccc2OC)C1=O. The number of benzene rings is 2. The Morgan fingerprint density at radius 2 is 1.79 bits per heavy atom. The summed E-state index contributed by atoms with van der Waals surface area (Å²) in [6.45, 7) is 1.43. The average molecular weight is 382 g/mol. The predicted molar refractivity (Wildman–Crippen MR) is 103 cm³/mol. The highest BCUT2D eigenvalue weighted by Crippen LogP contribution is 2.33. The van der Waals surface area contributed by atoms with Crippen LogP contribution in [0.1, 0.15) is 29.3 Å². The molecule has 1 N–H and O–H groups in total. The van der Waals surface area contributed by atoms with Crippen molar-refractivity contribution >= 4 is 17.7 Å². The molecule has 146 valence electrons. The van der Waals surface area contributed by atoms with Crippen LogP contribution in [-0.2, 0) is 10.3 Å². The summed E-state index contributed by atoms with van der Waals surface area (Å²) in [5.74, 6) is -0.0307. The topological polar surface area (TPSA) is 84.9 Å². The van der Waals surface area contributed by atoms with E-state index in [9.17, 15) is 14.4 Å². The van der Waals surface area contributed by atoms with Crippen molar-refractivity contribution in [2.75, 3.05) is 20.8 Å². The number of imide groups is 1. The Morgan fingerprint density at radius 1 is 1.07 bits per heavy atom. The maximum Gasteiger partial charge on any atom is 0.325 e. The molecule has 1 saturated heterocycles. The molecule has 1 aliphatic rings. The van der Waals surface area contributed by atoms with Crippen LogP contribution in [0.5, 0.6) is 11.5 Å². The van der Waals surface area contributed by atoms with Crippen molar-refractivity contribution in [3.8, 4) is 11.5 Å². The van der Waals surface area contributed by atoms with E-state index >= 15 is 0 Å². The molecule has 0 bridgehead atoms. The van der Waals surface area contributed by atoms with Crippen molar-refractivity contribution in [1.29, 1.82) is 0 Å². The van der Waals surface area contributed by atoms with Crippen LogP contribution in [0.4, 0.5) is 4.79 Å². The summed E-state index contributed by atoms with van der Waals surface area (Å²) < 4.78 is 10.4. The molecule has 0 radical (unpaired) electrons. The van der Waals surface area contributed by atoms with Gasteiger partial charge in [-0.05, 0) is 30.2 Å². The van der Waals surface area contributed by atoms with E-state index in [4.69, 9.17) is 9.47 Å². The summed E-state index contributed by atoms with van der Waals surface area (Å²) in [5.41, 5.74) is -0.238. The summed E-state index contributed by atoms with van der Waals surface area (Å²) in [4.78, 5) is 39.5. The minimum Gasteiger partial charge on any atom is -0.497 e. The molecule has 0 spiro atoms. The monoisotopic (exact) mass is 382 g/mol. The number of nitrogens with zero attached hydrogens (tertiary/aromatic N) is 1. The minimum atomic E-state index is -1.17. The molecule has 2 aromatic rings. The Hall–Kier alpha value is -3.35. The number of hydrogen-bond acceptors (Lipinski definition) is 5. The third-order valence-electron chi connectivity index (χ3n) is 4.98. The quantitative estimate of drug-likeness (QED) is 0.588. The van der Waals surface area contributed by atoms with Gasteiger partial charge in [-0.25, -0.2) is 4.79 Å². The largest absolute Gasteiger partial charge is 0.497 e. The predicted octanol–water partition coefficient (Wildman–Crippen LogP) is 2.74. The first kappa shape index (κ1) is 19.4. The third-order valence-corrected chi connectivity index (χ3v) is 4.98. The number of hydrogen-bond donors (Lipinski definition) is 1. The lowest BCUT2D eigenvalue weighted by molar-refractivity contribution is -0.131. The summed E-state index contributed by atoms with van der Waals surface area (Å²) in [6.07, 6.45) is 0.370. The number of Topliss-reactive ketones (excluding diaryl/α,β-unsaturated/α-hetero) is 1. The lowest BCUT2D eigenvalue weighted by Gasteiger charge is -2.25. The molecular formula is C21H22N2O5. The number of rotatable bonds is 7. The highest BCUT2D eigenvalue weighted by molar-refractivity contribution is 6.12. The molecule has 1 fully saturated rings. The molecule has 0 aromatic heterocycles. The van der Waals surface area contributed by atoms with Gasteiger partial charge in [0.1, 0.15) is 17.0 Å². The molecule has 2 aromatic carbocycles. The zero-order chi connectivity index (χ0) is 20.3. The zero-order valence-electron chi connectivity index (χ0n) is 16.0. The number of ether oxygens (including phenoxy) is 2. The van der Waals surface area contributed by atoms with Crippen LogP contribution in [0.3, 0.4) is 0 Å². The molecule has 3 rings (SSSR count). The molecule has 1 unspecified atom stereocenters. The molecule has 1 atom stereocenters. The first-order chi connectivity index (χ1) is 13.5. The third kappa shape index (κ3) is 3.19. The van der Waals surface area contributed by atoms with Gasteiger partial charge in [0.2, 0.25) is 0 Å². The van der Waals surface area contributed by atoms with Crippen LogP contribution in [0.25, 0.3) is 0 Å². The van der Waals surface area contributed by atoms with E-state index in [-0.39, 0.29) is 12.1 Å². The normalized spacial score (nSPS) is 18.8. The summed E-state index contributed by atoms with van der Waals surface area (Å²) >= 11 is 0. The fraction of sp³-hybridized carbons (Fsp3) is 0.286. The van der Waals surface area contributed by atoms with Gasteiger partial charge in [0, 0.05) is 0 Å². The summed E-state index contributed by atoms with van der Waals surface area (Å²) in [6, 6.07) is 13.2. The van der Waals surface area contributed by atoms with Gasteiger partial charge in [-0.15, -0.1) is 0 Å². The van der Waals surface area contributed by atoms with Crippen molar-refractivity contribution in [3.05, 3.63) is 59.7 Å². The van der Waals surface area contributed by atoms with Gasteiger partial charge >= 0.3 is 6.03 Å². The van der Waals surface area contributed by atoms with Crippen LogP contribution in [-0.4, -0.2) is 43.4 Å². The highest BCUT2D eigenvalue weighted by Gasteiger charge is 2.51. The zero-order valence-corrected chi connectivity index (χ0v) is 16.0.